The lowest BCUT2D eigenvalue weighted by molar-refractivity contribution is 0.652. The average Bonchev–Trinajstić information content (AvgIpc) is 1.84. The molecular weight excluding hydrogens is 154 g/mol. The van der Waals surface area contributed by atoms with E-state index in [9.17, 15) is 0 Å². The quantitative estimate of drug-likeness (QED) is 0.354. The summed E-state index contributed by atoms with van der Waals surface area (Å²) in [5.41, 5.74) is 10.5. The van der Waals surface area contributed by atoms with E-state index in [-0.39, 0.29) is 18.0 Å². The van der Waals surface area contributed by atoms with Crippen LogP contribution >= 0.6 is 0 Å². The lowest BCUT2D eigenvalue weighted by Gasteiger charge is -2.06. The molecule has 5 heteroatoms. The molecule has 0 aliphatic carbocycles. The third kappa shape index (κ3) is 5.52. The van der Waals surface area contributed by atoms with Crippen molar-refractivity contribution in [3.05, 3.63) is 0 Å². The summed E-state index contributed by atoms with van der Waals surface area (Å²) in [6.45, 7) is 4.05. The lowest BCUT2D eigenvalue weighted by Crippen LogP contribution is -2.41. The second-order valence-corrected chi connectivity index (χ2v) is 2.69. The zero-order valence-electron chi connectivity index (χ0n) is 7.59. The van der Waals surface area contributed by atoms with Crippen LogP contribution in [0.15, 0.2) is 4.99 Å². The molecule has 0 spiro atoms. The van der Waals surface area contributed by atoms with Crippen molar-refractivity contribution in [2.45, 2.75) is 32.7 Å². The molecule has 0 saturated heterocycles. The van der Waals surface area contributed by atoms with E-state index in [4.69, 9.17) is 16.9 Å². The minimum absolute atomic E-state index is 0.181. The second-order valence-electron chi connectivity index (χ2n) is 2.69. The van der Waals surface area contributed by atoms with E-state index < -0.39 is 0 Å². The van der Waals surface area contributed by atoms with Crippen molar-refractivity contribution in [1.29, 1.82) is 5.41 Å². The fraction of sp³-hybridized carbons (Fsp3) is 0.714. The molecule has 0 aliphatic rings. The van der Waals surface area contributed by atoms with Gasteiger partial charge in [0, 0.05) is 0 Å². The van der Waals surface area contributed by atoms with E-state index in [2.05, 4.69) is 17.2 Å². The third-order valence-electron chi connectivity index (χ3n) is 1.33. The standard InChI is InChI=1S/C7H17N5/c1-3-4-5(2)11-7(10)12-6(8)9/h5H,3-4H2,1-2H3,(H6,8,9,10,11,12). The van der Waals surface area contributed by atoms with Gasteiger partial charge in [-0.1, -0.05) is 13.3 Å². The highest BCUT2D eigenvalue weighted by atomic mass is 15.2. The normalized spacial score (nSPS) is 14.0. The first-order chi connectivity index (χ1) is 5.56. The first kappa shape index (κ1) is 10.7. The van der Waals surface area contributed by atoms with Crippen molar-refractivity contribution < 1.29 is 0 Å². The molecule has 0 radical (unpaired) electrons. The number of nitrogens with one attached hydrogen (secondary N) is 2. The van der Waals surface area contributed by atoms with Gasteiger partial charge in [0.2, 0.25) is 0 Å². The Kier molecular flexibility index (Phi) is 4.83. The molecule has 0 aromatic rings. The summed E-state index contributed by atoms with van der Waals surface area (Å²) < 4.78 is 0. The SMILES string of the molecule is CCCC(C)N=C(N)NC(=N)N. The van der Waals surface area contributed by atoms with Gasteiger partial charge in [0.25, 0.3) is 0 Å². The molecule has 12 heavy (non-hydrogen) atoms. The molecule has 0 amide bonds. The minimum Gasteiger partial charge on any atom is -0.370 e. The van der Waals surface area contributed by atoms with Crippen LogP contribution in [0.1, 0.15) is 26.7 Å². The molecule has 1 atom stereocenters. The molecular formula is C7H17N5. The number of guanidine groups is 2. The largest absolute Gasteiger partial charge is 0.370 e. The van der Waals surface area contributed by atoms with Crippen LogP contribution in [0, 0.1) is 5.41 Å². The van der Waals surface area contributed by atoms with Gasteiger partial charge < -0.3 is 11.5 Å². The first-order valence-electron chi connectivity index (χ1n) is 4.00. The fourth-order valence-corrected chi connectivity index (χ4v) is 0.890. The molecule has 1 unspecified atom stereocenters. The Hall–Kier alpha value is -1.26. The topological polar surface area (TPSA) is 100 Å². The van der Waals surface area contributed by atoms with E-state index in [0.717, 1.165) is 12.8 Å². The van der Waals surface area contributed by atoms with E-state index in [0.29, 0.717) is 0 Å². The number of hydrogen-bond donors (Lipinski definition) is 4. The molecule has 0 aromatic carbocycles. The van der Waals surface area contributed by atoms with E-state index >= 15 is 0 Å². The van der Waals surface area contributed by atoms with Crippen molar-refractivity contribution in [1.82, 2.24) is 5.32 Å². The Bertz CT molecular complexity index is 175. The molecule has 6 N–H and O–H groups in total. The summed E-state index contributed by atoms with van der Waals surface area (Å²) in [5, 5.41) is 9.30. The van der Waals surface area contributed by atoms with E-state index in [1.807, 2.05) is 6.92 Å². The van der Waals surface area contributed by atoms with Crippen LogP contribution < -0.4 is 16.8 Å². The maximum Gasteiger partial charge on any atom is 0.195 e. The number of nitrogens with two attached hydrogens (primary N) is 2. The Morgan fingerprint density at radius 2 is 2.17 bits per heavy atom. The average molecular weight is 171 g/mol. The number of aliphatic imine (C=N–C) groups is 1. The van der Waals surface area contributed by atoms with Crippen molar-refractivity contribution in [2.24, 2.45) is 16.5 Å². The molecule has 0 rings (SSSR count). The van der Waals surface area contributed by atoms with Crippen molar-refractivity contribution in [3.63, 3.8) is 0 Å². The van der Waals surface area contributed by atoms with Crippen LogP contribution in [0.25, 0.3) is 0 Å². The molecule has 0 saturated carbocycles. The number of rotatable bonds is 3. The summed E-state index contributed by atoms with van der Waals surface area (Å²) in [4.78, 5) is 4.07. The van der Waals surface area contributed by atoms with Crippen molar-refractivity contribution >= 4 is 11.9 Å². The molecule has 5 nitrogen and oxygen atoms in total. The minimum atomic E-state index is -0.181. The zero-order chi connectivity index (χ0) is 9.56. The second kappa shape index (κ2) is 5.40. The predicted octanol–water partition coefficient (Wildman–Crippen LogP) is -0.0272. The monoisotopic (exact) mass is 171 g/mol. The summed E-state index contributed by atoms with van der Waals surface area (Å²) in [7, 11) is 0. The number of hydrogen-bond acceptors (Lipinski definition) is 2. The van der Waals surface area contributed by atoms with Crippen LogP contribution in [-0.4, -0.2) is 18.0 Å². The van der Waals surface area contributed by atoms with Gasteiger partial charge in [-0.15, -0.1) is 0 Å². The lowest BCUT2D eigenvalue weighted by atomic mass is 10.2. The molecule has 0 aromatic heterocycles. The summed E-state index contributed by atoms with van der Waals surface area (Å²) in [5.74, 6) is 0.0309. The van der Waals surface area contributed by atoms with Gasteiger partial charge in [0.05, 0.1) is 6.04 Å². The molecule has 70 valence electrons. The predicted molar refractivity (Wildman–Crippen MR) is 51.0 cm³/mol. The Morgan fingerprint density at radius 3 is 2.58 bits per heavy atom. The van der Waals surface area contributed by atoms with Gasteiger partial charge in [-0.25, -0.2) is 0 Å². The maximum absolute atomic E-state index is 6.88. The van der Waals surface area contributed by atoms with Gasteiger partial charge in [0.1, 0.15) is 0 Å². The highest BCUT2D eigenvalue weighted by Gasteiger charge is 1.98. The smallest absolute Gasteiger partial charge is 0.195 e. The van der Waals surface area contributed by atoms with Gasteiger partial charge in [-0.3, -0.25) is 15.7 Å². The van der Waals surface area contributed by atoms with Crippen molar-refractivity contribution in [3.8, 4) is 0 Å². The molecule has 0 aliphatic heterocycles. The zero-order valence-corrected chi connectivity index (χ0v) is 7.59. The van der Waals surface area contributed by atoms with Crippen molar-refractivity contribution in [2.75, 3.05) is 0 Å². The van der Waals surface area contributed by atoms with Crippen LogP contribution in [0.5, 0.6) is 0 Å². The summed E-state index contributed by atoms with van der Waals surface area (Å²) in [6, 6.07) is 0.182. The van der Waals surface area contributed by atoms with Crippen LogP contribution in [0.4, 0.5) is 0 Å². The highest BCUT2D eigenvalue weighted by molar-refractivity contribution is 5.95. The first-order valence-corrected chi connectivity index (χ1v) is 4.00. The fourth-order valence-electron chi connectivity index (χ4n) is 0.890. The number of nitrogens with zero attached hydrogens (tertiary/aromatic N) is 1. The van der Waals surface area contributed by atoms with Crippen LogP contribution in [0.2, 0.25) is 0 Å². The van der Waals surface area contributed by atoms with Crippen LogP contribution in [-0.2, 0) is 0 Å². The maximum atomic E-state index is 6.88. The summed E-state index contributed by atoms with van der Waals surface area (Å²) >= 11 is 0. The molecule has 0 fully saturated rings. The van der Waals surface area contributed by atoms with E-state index in [1.54, 1.807) is 0 Å². The Labute approximate surface area is 72.7 Å². The van der Waals surface area contributed by atoms with Gasteiger partial charge in [0.15, 0.2) is 11.9 Å². The van der Waals surface area contributed by atoms with Gasteiger partial charge in [-0.05, 0) is 13.3 Å². The van der Waals surface area contributed by atoms with Gasteiger partial charge >= 0.3 is 0 Å². The summed E-state index contributed by atoms with van der Waals surface area (Å²) in [6.07, 6.45) is 2.05. The van der Waals surface area contributed by atoms with Crippen LogP contribution in [0.3, 0.4) is 0 Å². The van der Waals surface area contributed by atoms with E-state index in [1.165, 1.54) is 0 Å². The molecule has 0 bridgehead atoms. The molecule has 0 heterocycles. The third-order valence-corrected chi connectivity index (χ3v) is 1.33. The van der Waals surface area contributed by atoms with Gasteiger partial charge in [-0.2, -0.15) is 0 Å². The highest BCUT2D eigenvalue weighted by Crippen LogP contribution is 1.98. The Morgan fingerprint density at radius 1 is 1.58 bits per heavy atom. The Balaban J connectivity index is 3.88.